The van der Waals surface area contributed by atoms with Crippen molar-refractivity contribution in [2.75, 3.05) is 31.6 Å². The molecule has 0 radical (unpaired) electrons. The Kier molecular flexibility index (Phi) is 8.58. The van der Waals surface area contributed by atoms with Gasteiger partial charge in [-0.05, 0) is 61.6 Å². The number of anilines is 1. The molecule has 0 spiro atoms. The van der Waals surface area contributed by atoms with Crippen molar-refractivity contribution >= 4 is 40.7 Å². The summed E-state index contributed by atoms with van der Waals surface area (Å²) in [6.07, 6.45) is 2.41. The number of aliphatic hydroxyl groups is 1. The van der Waals surface area contributed by atoms with E-state index in [1.165, 1.54) is 0 Å². The quantitative estimate of drug-likeness (QED) is 0.557. The third-order valence-electron chi connectivity index (χ3n) is 5.25. The Bertz CT molecular complexity index is 914. The molecule has 2 aromatic rings. The molecule has 1 heterocycles. The summed E-state index contributed by atoms with van der Waals surface area (Å²) in [6.45, 7) is 1.79. The Morgan fingerprint density at radius 3 is 2.61 bits per heavy atom. The van der Waals surface area contributed by atoms with E-state index in [0.29, 0.717) is 53.2 Å². The molecule has 1 saturated heterocycles. The van der Waals surface area contributed by atoms with Crippen LogP contribution in [-0.4, -0.2) is 48.1 Å². The standard InChI is InChI=1S/C23H26Cl2N2O4/c24-18-6-7-21(20(25)14-18)31-12-2-5-22(29)26-19-4-1-3-17(13-19)23(30)27-10-8-16(15-28)9-11-27/h1,3-4,6-7,13-14,16,28H,2,5,8-12,15H2,(H,26,29). The molecule has 31 heavy (non-hydrogen) atoms. The Balaban J connectivity index is 1.45. The molecule has 1 aliphatic heterocycles. The second kappa shape index (κ2) is 11.4. The molecule has 0 saturated carbocycles. The van der Waals surface area contributed by atoms with E-state index in [2.05, 4.69) is 5.32 Å². The van der Waals surface area contributed by atoms with E-state index in [9.17, 15) is 14.7 Å². The van der Waals surface area contributed by atoms with Gasteiger partial charge in [-0.3, -0.25) is 9.59 Å². The molecule has 0 bridgehead atoms. The fraction of sp³-hybridized carbons (Fsp3) is 0.391. The van der Waals surface area contributed by atoms with Crippen LogP contribution in [0.25, 0.3) is 0 Å². The van der Waals surface area contributed by atoms with E-state index < -0.39 is 0 Å². The topological polar surface area (TPSA) is 78.9 Å². The van der Waals surface area contributed by atoms with Crippen molar-refractivity contribution in [3.8, 4) is 5.75 Å². The lowest BCUT2D eigenvalue weighted by atomic mass is 9.97. The lowest BCUT2D eigenvalue weighted by molar-refractivity contribution is -0.116. The molecule has 3 rings (SSSR count). The summed E-state index contributed by atoms with van der Waals surface area (Å²) in [4.78, 5) is 26.8. The molecule has 2 aromatic carbocycles. The van der Waals surface area contributed by atoms with Crippen molar-refractivity contribution in [1.82, 2.24) is 4.90 Å². The fourth-order valence-corrected chi connectivity index (χ4v) is 3.92. The summed E-state index contributed by atoms with van der Waals surface area (Å²) in [5.41, 5.74) is 1.13. The zero-order valence-corrected chi connectivity index (χ0v) is 18.7. The number of hydrogen-bond donors (Lipinski definition) is 2. The Morgan fingerprint density at radius 1 is 1.13 bits per heavy atom. The minimum absolute atomic E-state index is 0.0549. The van der Waals surface area contributed by atoms with Crippen LogP contribution in [0.4, 0.5) is 5.69 Å². The highest BCUT2D eigenvalue weighted by atomic mass is 35.5. The van der Waals surface area contributed by atoms with Gasteiger partial charge < -0.3 is 20.1 Å². The van der Waals surface area contributed by atoms with Crippen molar-refractivity contribution in [2.24, 2.45) is 5.92 Å². The number of amides is 2. The van der Waals surface area contributed by atoms with Crippen LogP contribution in [0, 0.1) is 5.92 Å². The molecular weight excluding hydrogens is 439 g/mol. The van der Waals surface area contributed by atoms with Gasteiger partial charge >= 0.3 is 0 Å². The number of piperidine rings is 1. The maximum atomic E-state index is 12.7. The molecule has 0 aromatic heterocycles. The van der Waals surface area contributed by atoms with Crippen molar-refractivity contribution in [3.63, 3.8) is 0 Å². The summed E-state index contributed by atoms with van der Waals surface area (Å²) in [5.74, 6) is 0.593. The third-order valence-corrected chi connectivity index (χ3v) is 5.78. The first-order valence-electron chi connectivity index (χ1n) is 10.3. The average Bonchev–Trinajstić information content (AvgIpc) is 2.77. The van der Waals surface area contributed by atoms with E-state index >= 15 is 0 Å². The van der Waals surface area contributed by atoms with Crippen LogP contribution in [0.1, 0.15) is 36.0 Å². The number of carbonyl (C=O) groups is 2. The van der Waals surface area contributed by atoms with Gasteiger partial charge in [0.05, 0.1) is 11.6 Å². The zero-order valence-electron chi connectivity index (χ0n) is 17.2. The smallest absolute Gasteiger partial charge is 0.253 e. The van der Waals surface area contributed by atoms with Crippen LogP contribution in [-0.2, 0) is 4.79 Å². The van der Waals surface area contributed by atoms with Crippen LogP contribution < -0.4 is 10.1 Å². The highest BCUT2D eigenvalue weighted by molar-refractivity contribution is 6.35. The summed E-state index contributed by atoms with van der Waals surface area (Å²) in [6, 6.07) is 12.0. The maximum Gasteiger partial charge on any atom is 0.253 e. The minimum Gasteiger partial charge on any atom is -0.492 e. The average molecular weight is 465 g/mol. The molecule has 2 N–H and O–H groups in total. The lowest BCUT2D eigenvalue weighted by Gasteiger charge is -2.31. The Hall–Kier alpha value is -2.28. The number of hydrogen-bond acceptors (Lipinski definition) is 4. The number of rotatable bonds is 8. The van der Waals surface area contributed by atoms with Gasteiger partial charge in [0.1, 0.15) is 5.75 Å². The maximum absolute atomic E-state index is 12.7. The van der Waals surface area contributed by atoms with Gasteiger partial charge in [-0.15, -0.1) is 0 Å². The molecule has 2 amide bonds. The number of likely N-dealkylation sites (tertiary alicyclic amines) is 1. The summed E-state index contributed by atoms with van der Waals surface area (Å²) >= 11 is 11.9. The van der Waals surface area contributed by atoms with Crippen LogP contribution in [0.3, 0.4) is 0 Å². The molecule has 0 aliphatic carbocycles. The van der Waals surface area contributed by atoms with Gasteiger partial charge in [0.25, 0.3) is 5.91 Å². The van der Waals surface area contributed by atoms with Gasteiger partial charge in [-0.1, -0.05) is 29.3 Å². The lowest BCUT2D eigenvalue weighted by Crippen LogP contribution is -2.39. The molecular formula is C23H26Cl2N2O4. The van der Waals surface area contributed by atoms with Crippen LogP contribution in [0.15, 0.2) is 42.5 Å². The normalized spacial score (nSPS) is 14.4. The highest BCUT2D eigenvalue weighted by Gasteiger charge is 2.23. The molecule has 166 valence electrons. The van der Waals surface area contributed by atoms with Crippen molar-refractivity contribution in [3.05, 3.63) is 58.1 Å². The van der Waals surface area contributed by atoms with Gasteiger partial charge in [-0.2, -0.15) is 0 Å². The number of nitrogens with one attached hydrogen (secondary N) is 1. The Labute approximate surface area is 192 Å². The molecule has 8 heteroatoms. The van der Waals surface area contributed by atoms with Crippen LogP contribution in [0.2, 0.25) is 10.0 Å². The Morgan fingerprint density at radius 2 is 1.90 bits per heavy atom. The van der Waals surface area contributed by atoms with Crippen molar-refractivity contribution < 1.29 is 19.4 Å². The van der Waals surface area contributed by atoms with E-state index in [1.807, 2.05) is 0 Å². The van der Waals surface area contributed by atoms with E-state index in [1.54, 1.807) is 47.4 Å². The zero-order chi connectivity index (χ0) is 22.2. The van der Waals surface area contributed by atoms with E-state index in [4.69, 9.17) is 27.9 Å². The van der Waals surface area contributed by atoms with Gasteiger partial charge in [0.15, 0.2) is 0 Å². The number of benzene rings is 2. The first-order valence-corrected chi connectivity index (χ1v) is 11.1. The first-order chi connectivity index (χ1) is 15.0. The molecule has 1 aliphatic rings. The first kappa shape index (κ1) is 23.4. The molecule has 0 unspecified atom stereocenters. The number of carbonyl (C=O) groups excluding carboxylic acids is 2. The summed E-state index contributed by atoms with van der Waals surface area (Å²) in [7, 11) is 0. The third kappa shape index (κ3) is 6.86. The number of aliphatic hydroxyl groups excluding tert-OH is 1. The largest absolute Gasteiger partial charge is 0.492 e. The summed E-state index contributed by atoms with van der Waals surface area (Å²) in [5, 5.41) is 13.0. The molecule has 6 nitrogen and oxygen atoms in total. The van der Waals surface area contributed by atoms with Crippen molar-refractivity contribution in [2.45, 2.75) is 25.7 Å². The highest BCUT2D eigenvalue weighted by Crippen LogP contribution is 2.27. The second-order valence-electron chi connectivity index (χ2n) is 7.57. The van der Waals surface area contributed by atoms with E-state index in [0.717, 1.165) is 12.8 Å². The summed E-state index contributed by atoms with van der Waals surface area (Å²) < 4.78 is 5.59. The fourth-order valence-electron chi connectivity index (χ4n) is 3.46. The van der Waals surface area contributed by atoms with E-state index in [-0.39, 0.29) is 30.8 Å². The van der Waals surface area contributed by atoms with Gasteiger partial charge in [0.2, 0.25) is 5.91 Å². The molecule has 1 fully saturated rings. The number of ether oxygens (including phenoxy) is 1. The molecule has 0 atom stereocenters. The predicted octanol–water partition coefficient (Wildman–Crippen LogP) is 4.64. The number of nitrogens with zero attached hydrogens (tertiary/aromatic N) is 1. The number of halogens is 2. The minimum atomic E-state index is -0.154. The second-order valence-corrected chi connectivity index (χ2v) is 8.42. The van der Waals surface area contributed by atoms with Crippen LogP contribution >= 0.6 is 23.2 Å². The predicted molar refractivity (Wildman–Crippen MR) is 122 cm³/mol. The van der Waals surface area contributed by atoms with Gasteiger partial charge in [-0.25, -0.2) is 0 Å². The van der Waals surface area contributed by atoms with Crippen molar-refractivity contribution in [1.29, 1.82) is 0 Å². The monoisotopic (exact) mass is 464 g/mol. The van der Waals surface area contributed by atoms with Crippen LogP contribution in [0.5, 0.6) is 5.75 Å². The van der Waals surface area contributed by atoms with Gasteiger partial charge in [0, 0.05) is 42.4 Å². The SMILES string of the molecule is O=C(CCCOc1ccc(Cl)cc1Cl)Nc1cccc(C(=O)N2CCC(CO)CC2)c1.